The fourth-order valence-corrected chi connectivity index (χ4v) is 6.33. The highest BCUT2D eigenvalue weighted by molar-refractivity contribution is 7.89. The normalized spacial score (nSPS) is 17.7. The van der Waals surface area contributed by atoms with Gasteiger partial charge in [0.2, 0.25) is 20.0 Å². The molecule has 27 heavy (non-hydrogen) atoms. The van der Waals surface area contributed by atoms with Crippen LogP contribution in [0.2, 0.25) is 0 Å². The highest BCUT2D eigenvalue weighted by atomic mass is 32.2. The molecule has 7 nitrogen and oxygen atoms in total. The molecule has 0 atom stereocenters. The molecular weight excluding hydrogens is 386 g/mol. The van der Waals surface area contributed by atoms with Crippen molar-refractivity contribution in [3.05, 3.63) is 24.3 Å². The molecule has 1 aromatic carbocycles. The van der Waals surface area contributed by atoms with E-state index < -0.39 is 20.0 Å². The van der Waals surface area contributed by atoms with Crippen molar-refractivity contribution in [3.8, 4) is 0 Å². The van der Waals surface area contributed by atoms with E-state index in [0.717, 1.165) is 32.5 Å². The molecule has 0 saturated carbocycles. The standard InChI is InChI=1S/C18H31N3O4S2/c1-5-20-14-12-16(13-15-20)19(4)26(22,23)17-8-10-18(11-9-17)27(24,25)21(6-2)7-3/h8-11,16H,5-7,12-15H2,1-4H3. The van der Waals surface area contributed by atoms with E-state index in [0.29, 0.717) is 13.1 Å². The van der Waals surface area contributed by atoms with Gasteiger partial charge in [-0.25, -0.2) is 16.8 Å². The Morgan fingerprint density at radius 3 is 1.74 bits per heavy atom. The van der Waals surface area contributed by atoms with E-state index in [2.05, 4.69) is 11.8 Å². The topological polar surface area (TPSA) is 78.0 Å². The third-order valence-electron chi connectivity index (χ3n) is 5.36. The SMILES string of the molecule is CCN1CCC(N(C)S(=O)(=O)c2ccc(S(=O)(=O)N(CC)CC)cc2)CC1. The average molecular weight is 418 g/mol. The molecule has 0 aromatic heterocycles. The van der Waals surface area contributed by atoms with Crippen LogP contribution < -0.4 is 0 Å². The molecule has 0 radical (unpaired) electrons. The van der Waals surface area contributed by atoms with Crippen LogP contribution in [0.25, 0.3) is 0 Å². The van der Waals surface area contributed by atoms with Crippen LogP contribution >= 0.6 is 0 Å². The second-order valence-electron chi connectivity index (χ2n) is 6.75. The highest BCUT2D eigenvalue weighted by Gasteiger charge is 2.31. The van der Waals surface area contributed by atoms with Gasteiger partial charge in [-0.15, -0.1) is 0 Å². The monoisotopic (exact) mass is 417 g/mol. The number of nitrogens with zero attached hydrogens (tertiary/aromatic N) is 3. The van der Waals surface area contributed by atoms with E-state index in [4.69, 9.17) is 0 Å². The Morgan fingerprint density at radius 1 is 0.889 bits per heavy atom. The van der Waals surface area contributed by atoms with E-state index in [9.17, 15) is 16.8 Å². The second kappa shape index (κ2) is 9.00. The Bertz CT molecular complexity index is 811. The summed E-state index contributed by atoms with van der Waals surface area (Å²) in [7, 11) is -5.63. The minimum absolute atomic E-state index is 0.0307. The van der Waals surface area contributed by atoms with E-state index in [1.807, 2.05) is 0 Å². The number of piperidine rings is 1. The van der Waals surface area contributed by atoms with Gasteiger partial charge in [-0.05, 0) is 56.7 Å². The van der Waals surface area contributed by atoms with Gasteiger partial charge in [-0.2, -0.15) is 8.61 Å². The molecule has 1 fully saturated rings. The van der Waals surface area contributed by atoms with Crippen molar-refractivity contribution in [2.45, 2.75) is 49.4 Å². The molecular formula is C18H31N3O4S2. The lowest BCUT2D eigenvalue weighted by Gasteiger charge is -2.35. The molecule has 0 N–H and O–H groups in total. The largest absolute Gasteiger partial charge is 0.303 e. The van der Waals surface area contributed by atoms with Crippen molar-refractivity contribution in [1.82, 2.24) is 13.5 Å². The van der Waals surface area contributed by atoms with Crippen LogP contribution in [0.1, 0.15) is 33.6 Å². The third-order valence-corrected chi connectivity index (χ3v) is 9.35. The predicted octanol–water partition coefficient (Wildman–Crippen LogP) is 1.82. The molecule has 0 spiro atoms. The molecule has 0 bridgehead atoms. The maximum atomic E-state index is 12.9. The summed E-state index contributed by atoms with van der Waals surface area (Å²) < 4.78 is 53.8. The summed E-state index contributed by atoms with van der Waals surface area (Å²) in [5, 5.41) is 0. The number of sulfonamides is 2. The van der Waals surface area contributed by atoms with Crippen molar-refractivity contribution >= 4 is 20.0 Å². The molecule has 0 aliphatic carbocycles. The van der Waals surface area contributed by atoms with Crippen LogP contribution in [0, 0.1) is 0 Å². The van der Waals surface area contributed by atoms with Gasteiger partial charge in [-0.1, -0.05) is 20.8 Å². The summed E-state index contributed by atoms with van der Waals surface area (Å²) in [6.07, 6.45) is 1.61. The Morgan fingerprint density at radius 2 is 1.33 bits per heavy atom. The summed E-state index contributed by atoms with van der Waals surface area (Å²) in [5.41, 5.74) is 0. The smallest absolute Gasteiger partial charge is 0.243 e. The predicted molar refractivity (Wildman–Crippen MR) is 107 cm³/mol. The van der Waals surface area contributed by atoms with Gasteiger partial charge in [0, 0.05) is 26.2 Å². The highest BCUT2D eigenvalue weighted by Crippen LogP contribution is 2.24. The molecule has 9 heteroatoms. The quantitative estimate of drug-likeness (QED) is 0.645. The van der Waals surface area contributed by atoms with Crippen molar-refractivity contribution in [1.29, 1.82) is 0 Å². The van der Waals surface area contributed by atoms with Crippen LogP contribution in [0.5, 0.6) is 0 Å². The van der Waals surface area contributed by atoms with Gasteiger partial charge in [0.05, 0.1) is 9.79 Å². The molecule has 0 unspecified atom stereocenters. The number of hydrogen-bond acceptors (Lipinski definition) is 5. The van der Waals surface area contributed by atoms with Crippen LogP contribution in [0.15, 0.2) is 34.1 Å². The molecule has 1 aliphatic rings. The Hall–Kier alpha value is -1.00. The maximum absolute atomic E-state index is 12.9. The first-order valence-corrected chi connectivity index (χ1v) is 12.4. The molecule has 154 valence electrons. The van der Waals surface area contributed by atoms with Gasteiger partial charge in [0.25, 0.3) is 0 Å². The zero-order valence-corrected chi connectivity index (χ0v) is 18.3. The first kappa shape index (κ1) is 22.3. The molecule has 0 amide bonds. The molecule has 2 rings (SSSR count). The zero-order chi connectivity index (χ0) is 20.2. The fourth-order valence-electron chi connectivity index (χ4n) is 3.46. The average Bonchev–Trinajstić information content (AvgIpc) is 2.68. The first-order valence-electron chi connectivity index (χ1n) is 9.49. The van der Waals surface area contributed by atoms with Gasteiger partial charge in [-0.3, -0.25) is 0 Å². The van der Waals surface area contributed by atoms with Crippen molar-refractivity contribution in [2.24, 2.45) is 0 Å². The zero-order valence-electron chi connectivity index (χ0n) is 16.6. The molecule has 1 aromatic rings. The van der Waals surface area contributed by atoms with Crippen LogP contribution in [0.3, 0.4) is 0 Å². The second-order valence-corrected chi connectivity index (χ2v) is 10.7. The minimum Gasteiger partial charge on any atom is -0.303 e. The van der Waals surface area contributed by atoms with Crippen LogP contribution in [0.4, 0.5) is 0 Å². The van der Waals surface area contributed by atoms with Crippen molar-refractivity contribution in [2.75, 3.05) is 39.8 Å². The van der Waals surface area contributed by atoms with E-state index in [1.54, 1.807) is 20.9 Å². The van der Waals surface area contributed by atoms with E-state index in [1.165, 1.54) is 32.9 Å². The summed E-state index contributed by atoms with van der Waals surface area (Å²) in [6.45, 7) is 9.16. The van der Waals surface area contributed by atoms with Crippen LogP contribution in [-0.4, -0.2) is 76.2 Å². The Labute approximate surface area is 164 Å². The van der Waals surface area contributed by atoms with E-state index in [-0.39, 0.29) is 15.8 Å². The van der Waals surface area contributed by atoms with Gasteiger partial charge < -0.3 is 4.90 Å². The summed E-state index contributed by atoms with van der Waals surface area (Å²) >= 11 is 0. The van der Waals surface area contributed by atoms with Crippen molar-refractivity contribution in [3.63, 3.8) is 0 Å². The lowest BCUT2D eigenvalue weighted by Crippen LogP contribution is -2.45. The molecule has 1 aliphatic heterocycles. The van der Waals surface area contributed by atoms with E-state index >= 15 is 0 Å². The van der Waals surface area contributed by atoms with Gasteiger partial charge in [0.15, 0.2) is 0 Å². The molecule has 1 heterocycles. The molecule has 1 saturated heterocycles. The number of likely N-dealkylation sites (tertiary alicyclic amines) is 1. The number of hydrogen-bond donors (Lipinski definition) is 0. The minimum atomic E-state index is -3.65. The van der Waals surface area contributed by atoms with Crippen LogP contribution in [-0.2, 0) is 20.0 Å². The summed E-state index contributed by atoms with van der Waals surface area (Å²) in [5.74, 6) is 0. The summed E-state index contributed by atoms with van der Waals surface area (Å²) in [4.78, 5) is 2.55. The fraction of sp³-hybridized carbons (Fsp3) is 0.667. The Kier molecular flexibility index (Phi) is 7.43. The Balaban J connectivity index is 2.20. The lowest BCUT2D eigenvalue weighted by molar-refractivity contribution is 0.176. The van der Waals surface area contributed by atoms with Gasteiger partial charge >= 0.3 is 0 Å². The third kappa shape index (κ3) is 4.71. The summed E-state index contributed by atoms with van der Waals surface area (Å²) in [6, 6.07) is 5.52. The number of rotatable bonds is 8. The van der Waals surface area contributed by atoms with Crippen molar-refractivity contribution < 1.29 is 16.8 Å². The first-order chi connectivity index (χ1) is 12.7. The van der Waals surface area contributed by atoms with Gasteiger partial charge in [0.1, 0.15) is 0 Å². The lowest BCUT2D eigenvalue weighted by atomic mass is 10.1. The number of benzene rings is 1. The maximum Gasteiger partial charge on any atom is 0.243 e.